The zero-order valence-corrected chi connectivity index (χ0v) is 17.6. The molecule has 7 heteroatoms. The molecule has 0 bridgehead atoms. The lowest BCUT2D eigenvalue weighted by Gasteiger charge is -2.11. The van der Waals surface area contributed by atoms with Gasteiger partial charge in [0.1, 0.15) is 5.25 Å². The number of aryl methyl sites for hydroxylation is 1. The molecule has 0 radical (unpaired) electrons. The fraction of sp³-hybridized carbons (Fsp3) is 0.286. The van der Waals surface area contributed by atoms with E-state index < -0.39 is 5.25 Å². The summed E-state index contributed by atoms with van der Waals surface area (Å²) in [4.78, 5) is 31.1. The summed E-state index contributed by atoms with van der Waals surface area (Å²) in [5, 5.41) is 3.55. The molecule has 1 fully saturated rings. The van der Waals surface area contributed by atoms with E-state index in [1.165, 1.54) is 22.2 Å². The van der Waals surface area contributed by atoms with Crippen molar-refractivity contribution in [3.8, 4) is 0 Å². The standard InChI is InChI=1S/C21H22ClN3O2S/c1-4-14-8-10-15(11-9-14)23-21-25(3)20(27)18(28-21)12-19(26)24-17-7-5-6-16(22)13(17)2/h5-11,18H,4,12H2,1-3H3,(H,24,26)/t18-/m0/s1. The number of rotatable bonds is 5. The van der Waals surface area contributed by atoms with Crippen molar-refractivity contribution in [2.75, 3.05) is 12.4 Å². The molecule has 3 rings (SSSR count). The quantitative estimate of drug-likeness (QED) is 0.762. The van der Waals surface area contributed by atoms with E-state index in [1.807, 2.05) is 31.2 Å². The topological polar surface area (TPSA) is 61.8 Å². The van der Waals surface area contributed by atoms with Gasteiger partial charge in [-0.15, -0.1) is 0 Å². The molecule has 2 amide bonds. The highest BCUT2D eigenvalue weighted by Gasteiger charge is 2.37. The number of amides is 2. The fourth-order valence-electron chi connectivity index (χ4n) is 2.83. The van der Waals surface area contributed by atoms with Crippen LogP contribution in [-0.2, 0) is 16.0 Å². The van der Waals surface area contributed by atoms with Crippen molar-refractivity contribution in [2.45, 2.75) is 31.9 Å². The summed E-state index contributed by atoms with van der Waals surface area (Å²) in [5.41, 5.74) is 3.49. The second-order valence-electron chi connectivity index (χ2n) is 6.58. The van der Waals surface area contributed by atoms with Crippen LogP contribution >= 0.6 is 23.4 Å². The van der Waals surface area contributed by atoms with Crippen LogP contribution in [0.2, 0.25) is 5.02 Å². The molecule has 1 aliphatic rings. The van der Waals surface area contributed by atoms with Crippen molar-refractivity contribution >= 4 is 51.7 Å². The first-order valence-electron chi connectivity index (χ1n) is 9.06. The van der Waals surface area contributed by atoms with Crippen LogP contribution in [0.3, 0.4) is 0 Å². The Bertz CT molecular complexity index is 928. The van der Waals surface area contributed by atoms with Crippen LogP contribution in [0.25, 0.3) is 0 Å². The third-order valence-corrected chi connectivity index (χ3v) is 6.26. The zero-order chi connectivity index (χ0) is 20.3. The number of nitrogens with one attached hydrogen (secondary N) is 1. The van der Waals surface area contributed by atoms with Gasteiger partial charge in [0.2, 0.25) is 11.8 Å². The number of amidine groups is 1. The Morgan fingerprint density at radius 2 is 1.96 bits per heavy atom. The van der Waals surface area contributed by atoms with E-state index in [0.29, 0.717) is 15.9 Å². The van der Waals surface area contributed by atoms with Crippen LogP contribution in [0.4, 0.5) is 11.4 Å². The zero-order valence-electron chi connectivity index (χ0n) is 16.0. The molecule has 0 saturated carbocycles. The van der Waals surface area contributed by atoms with Gasteiger partial charge in [-0.05, 0) is 48.7 Å². The van der Waals surface area contributed by atoms with Crippen LogP contribution in [0, 0.1) is 6.92 Å². The van der Waals surface area contributed by atoms with E-state index >= 15 is 0 Å². The highest BCUT2D eigenvalue weighted by molar-refractivity contribution is 8.15. The second kappa shape index (κ2) is 8.80. The third-order valence-electron chi connectivity index (χ3n) is 4.62. The minimum Gasteiger partial charge on any atom is -0.326 e. The average molecular weight is 416 g/mol. The number of anilines is 1. The van der Waals surface area contributed by atoms with Gasteiger partial charge < -0.3 is 5.32 Å². The Labute approximate surface area is 174 Å². The first-order chi connectivity index (χ1) is 13.4. The molecule has 0 aromatic heterocycles. The van der Waals surface area contributed by atoms with Crippen LogP contribution < -0.4 is 5.32 Å². The number of carbonyl (C=O) groups excluding carboxylic acids is 2. The Kier molecular flexibility index (Phi) is 6.42. The van der Waals surface area contributed by atoms with Crippen molar-refractivity contribution in [2.24, 2.45) is 4.99 Å². The molecule has 1 atom stereocenters. The summed E-state index contributed by atoms with van der Waals surface area (Å²) in [5.74, 6) is -0.343. The summed E-state index contributed by atoms with van der Waals surface area (Å²) in [6.45, 7) is 3.94. The molecule has 2 aromatic rings. The van der Waals surface area contributed by atoms with Gasteiger partial charge in [0, 0.05) is 24.2 Å². The molecule has 0 unspecified atom stereocenters. The Morgan fingerprint density at radius 1 is 1.25 bits per heavy atom. The normalized spacial score (nSPS) is 18.0. The summed E-state index contributed by atoms with van der Waals surface area (Å²) in [7, 11) is 1.69. The highest BCUT2D eigenvalue weighted by atomic mass is 35.5. The number of carbonyl (C=O) groups is 2. The highest BCUT2D eigenvalue weighted by Crippen LogP contribution is 2.31. The van der Waals surface area contributed by atoms with Crippen molar-refractivity contribution in [3.05, 3.63) is 58.6 Å². The summed E-state index contributed by atoms with van der Waals surface area (Å²) in [6.07, 6.45) is 1.04. The number of hydrogen-bond donors (Lipinski definition) is 1. The van der Waals surface area contributed by atoms with Crippen LogP contribution in [0.5, 0.6) is 0 Å². The Hall–Kier alpha value is -2.31. The minimum absolute atomic E-state index is 0.0770. The number of nitrogens with zero attached hydrogens (tertiary/aromatic N) is 2. The molecule has 1 N–H and O–H groups in total. The Balaban J connectivity index is 1.68. The van der Waals surface area contributed by atoms with E-state index in [4.69, 9.17) is 11.6 Å². The molecule has 146 valence electrons. The second-order valence-corrected chi connectivity index (χ2v) is 8.16. The maximum Gasteiger partial charge on any atom is 0.242 e. The molecule has 1 saturated heterocycles. The van der Waals surface area contributed by atoms with E-state index in [1.54, 1.807) is 25.2 Å². The SMILES string of the molecule is CCc1ccc(N=C2S[C@@H](CC(=O)Nc3cccc(Cl)c3C)C(=O)N2C)cc1. The largest absolute Gasteiger partial charge is 0.326 e. The number of aliphatic imine (C=N–C) groups is 1. The van der Waals surface area contributed by atoms with Crippen molar-refractivity contribution in [3.63, 3.8) is 0 Å². The maximum atomic E-state index is 12.5. The van der Waals surface area contributed by atoms with Crippen LogP contribution in [0.15, 0.2) is 47.5 Å². The van der Waals surface area contributed by atoms with E-state index in [0.717, 1.165) is 17.7 Å². The smallest absolute Gasteiger partial charge is 0.242 e. The van der Waals surface area contributed by atoms with Crippen LogP contribution in [0.1, 0.15) is 24.5 Å². The molecule has 28 heavy (non-hydrogen) atoms. The van der Waals surface area contributed by atoms with Crippen LogP contribution in [-0.4, -0.2) is 34.2 Å². The fourth-order valence-corrected chi connectivity index (χ4v) is 4.16. The van der Waals surface area contributed by atoms with Crippen molar-refractivity contribution in [1.29, 1.82) is 0 Å². The molecular weight excluding hydrogens is 394 g/mol. The summed E-state index contributed by atoms with van der Waals surface area (Å²) >= 11 is 7.41. The van der Waals surface area contributed by atoms with Gasteiger partial charge in [-0.25, -0.2) is 4.99 Å². The predicted octanol–water partition coefficient (Wildman–Crippen LogP) is 4.80. The van der Waals surface area contributed by atoms with Gasteiger partial charge in [0.05, 0.1) is 5.69 Å². The van der Waals surface area contributed by atoms with E-state index in [9.17, 15) is 9.59 Å². The number of hydrogen-bond acceptors (Lipinski definition) is 4. The van der Waals surface area contributed by atoms with Gasteiger partial charge in [-0.2, -0.15) is 0 Å². The third kappa shape index (κ3) is 4.56. The predicted molar refractivity (Wildman–Crippen MR) is 116 cm³/mol. The van der Waals surface area contributed by atoms with Gasteiger partial charge >= 0.3 is 0 Å². The molecule has 2 aromatic carbocycles. The van der Waals surface area contributed by atoms with Crippen molar-refractivity contribution < 1.29 is 9.59 Å². The molecule has 0 aliphatic carbocycles. The number of thioether (sulfide) groups is 1. The number of halogens is 1. The first-order valence-corrected chi connectivity index (χ1v) is 10.3. The van der Waals surface area contributed by atoms with Gasteiger partial charge in [-0.1, -0.05) is 48.5 Å². The molecular formula is C21H22ClN3O2S. The Morgan fingerprint density at radius 3 is 2.64 bits per heavy atom. The molecule has 1 heterocycles. The lowest BCUT2D eigenvalue weighted by Crippen LogP contribution is -2.30. The number of benzene rings is 2. The monoisotopic (exact) mass is 415 g/mol. The van der Waals surface area contributed by atoms with Gasteiger partial charge in [0.25, 0.3) is 0 Å². The average Bonchev–Trinajstić information content (AvgIpc) is 2.94. The summed E-state index contributed by atoms with van der Waals surface area (Å²) < 4.78 is 0. The molecule has 5 nitrogen and oxygen atoms in total. The first kappa shape index (κ1) is 20.4. The lowest BCUT2D eigenvalue weighted by atomic mass is 10.2. The lowest BCUT2D eigenvalue weighted by molar-refractivity contribution is -0.127. The van der Waals surface area contributed by atoms with Crippen molar-refractivity contribution in [1.82, 2.24) is 4.90 Å². The van der Waals surface area contributed by atoms with Gasteiger partial charge in [-0.3, -0.25) is 14.5 Å². The molecule has 0 spiro atoms. The maximum absolute atomic E-state index is 12.5. The van der Waals surface area contributed by atoms with E-state index in [-0.39, 0.29) is 18.2 Å². The van der Waals surface area contributed by atoms with E-state index in [2.05, 4.69) is 17.2 Å². The summed E-state index contributed by atoms with van der Waals surface area (Å²) in [6, 6.07) is 13.3. The minimum atomic E-state index is -0.488. The molecule has 1 aliphatic heterocycles. The van der Waals surface area contributed by atoms with Gasteiger partial charge in [0.15, 0.2) is 5.17 Å².